The number of fused-ring (bicyclic) bond motifs is 1. The highest BCUT2D eigenvalue weighted by Crippen LogP contribution is 2.49. The molecule has 2 rings (SSSR count). The maximum Gasteiger partial charge on any atom is 0.341 e. The summed E-state index contributed by atoms with van der Waals surface area (Å²) < 4.78 is 25.8. The number of benzene rings is 1. The summed E-state index contributed by atoms with van der Waals surface area (Å²) in [5.41, 5.74) is 7.48. The highest BCUT2D eigenvalue weighted by atomic mass is 35.5. The van der Waals surface area contributed by atoms with Crippen LogP contribution in [0, 0.1) is 10.1 Å². The monoisotopic (exact) mass is 549 g/mol. The van der Waals surface area contributed by atoms with Crippen molar-refractivity contribution < 1.29 is 23.5 Å². The zero-order chi connectivity index (χ0) is 26.2. The third kappa shape index (κ3) is 8.35. The standard InChI is InChI=1S/C21H30Cl2N5O6P/c1-4-33-20(29)12-19(34-35(24,32)27(7-5-22)8-6-23)18-10-15(14-26(2)3)9-16-11-17(28(30)31)13-25-21(16)18/h9-11,13,19H,4-8,12,14H2,1-3H3,(H2,24,32). The summed E-state index contributed by atoms with van der Waals surface area (Å²) in [7, 11) is -0.233. The molecule has 2 aromatic rings. The van der Waals surface area contributed by atoms with Crippen molar-refractivity contribution in [1.82, 2.24) is 14.6 Å². The number of halogens is 2. The molecule has 2 unspecified atom stereocenters. The van der Waals surface area contributed by atoms with E-state index in [1.54, 1.807) is 19.1 Å². The van der Waals surface area contributed by atoms with E-state index in [0.717, 1.165) is 11.8 Å². The molecule has 2 N–H and O–H groups in total. The van der Waals surface area contributed by atoms with Crippen LogP contribution in [0.5, 0.6) is 0 Å². The minimum Gasteiger partial charge on any atom is -0.466 e. The number of carbonyl (C=O) groups is 1. The first-order valence-electron chi connectivity index (χ1n) is 10.8. The molecule has 0 saturated carbocycles. The lowest BCUT2D eigenvalue weighted by atomic mass is 9.98. The van der Waals surface area contributed by atoms with E-state index in [-0.39, 0.29) is 43.6 Å². The van der Waals surface area contributed by atoms with Gasteiger partial charge in [-0.3, -0.25) is 24.0 Å². The molecule has 0 bridgehead atoms. The summed E-state index contributed by atoms with van der Waals surface area (Å²) in [6.45, 7) is 2.60. The SMILES string of the molecule is CCOC(=O)CC(OP(N)(=O)N(CCCl)CCCl)c1cc(CN(C)C)cc2cc([N+](=O)[O-])cnc12. The van der Waals surface area contributed by atoms with Gasteiger partial charge in [-0.15, -0.1) is 23.2 Å². The first kappa shape index (κ1) is 29.4. The Kier molecular flexibility index (Phi) is 11.3. The third-order valence-corrected chi connectivity index (χ3v) is 7.01. The van der Waals surface area contributed by atoms with E-state index < -0.39 is 24.7 Å². The molecule has 194 valence electrons. The van der Waals surface area contributed by atoms with E-state index >= 15 is 0 Å². The molecular weight excluding hydrogens is 520 g/mol. The van der Waals surface area contributed by atoms with Crippen LogP contribution in [0.2, 0.25) is 0 Å². The molecule has 0 saturated heterocycles. The van der Waals surface area contributed by atoms with Crippen LogP contribution in [-0.2, 0) is 25.2 Å². The second-order valence-corrected chi connectivity index (χ2v) is 10.6. The van der Waals surface area contributed by atoms with Crippen LogP contribution in [-0.4, -0.2) is 71.0 Å². The maximum absolute atomic E-state index is 13.5. The molecule has 11 nitrogen and oxygen atoms in total. The Morgan fingerprint density at radius 1 is 1.26 bits per heavy atom. The molecule has 0 aliphatic heterocycles. The molecule has 1 aromatic heterocycles. The van der Waals surface area contributed by atoms with E-state index in [9.17, 15) is 19.5 Å². The van der Waals surface area contributed by atoms with Crippen LogP contribution in [0.15, 0.2) is 24.4 Å². The summed E-state index contributed by atoms with van der Waals surface area (Å²) in [5, 5.41) is 11.8. The number of nitrogens with two attached hydrogens (primary N) is 1. The Labute approximate surface area is 214 Å². The molecular formula is C21H30Cl2N5O6P. The van der Waals surface area contributed by atoms with Gasteiger partial charge in [-0.2, -0.15) is 0 Å². The Hall–Kier alpha value is -1.85. The van der Waals surface area contributed by atoms with E-state index in [1.807, 2.05) is 19.0 Å². The quantitative estimate of drug-likeness (QED) is 0.120. The van der Waals surface area contributed by atoms with Gasteiger partial charge in [0, 0.05) is 48.4 Å². The predicted molar refractivity (Wildman–Crippen MR) is 136 cm³/mol. The van der Waals surface area contributed by atoms with Gasteiger partial charge in [0.15, 0.2) is 0 Å². The first-order chi connectivity index (χ1) is 16.5. The Bertz CT molecular complexity index is 1080. The van der Waals surface area contributed by atoms with Crippen molar-refractivity contribution in [3.63, 3.8) is 0 Å². The van der Waals surface area contributed by atoms with Crippen molar-refractivity contribution in [3.05, 3.63) is 45.6 Å². The average Bonchev–Trinajstić information content (AvgIpc) is 2.77. The van der Waals surface area contributed by atoms with Crippen molar-refractivity contribution in [1.29, 1.82) is 0 Å². The van der Waals surface area contributed by atoms with Gasteiger partial charge in [0.1, 0.15) is 12.3 Å². The highest BCUT2D eigenvalue weighted by molar-refractivity contribution is 7.53. The third-order valence-electron chi connectivity index (χ3n) is 4.93. The zero-order valence-electron chi connectivity index (χ0n) is 19.9. The molecule has 0 aliphatic carbocycles. The summed E-state index contributed by atoms with van der Waals surface area (Å²) in [6, 6.07) is 4.93. The normalized spacial score (nSPS) is 14.3. The molecule has 0 amide bonds. The summed E-state index contributed by atoms with van der Waals surface area (Å²) in [6.07, 6.45) is -0.297. The van der Waals surface area contributed by atoms with E-state index in [2.05, 4.69) is 4.98 Å². The molecule has 35 heavy (non-hydrogen) atoms. The lowest BCUT2D eigenvalue weighted by Gasteiger charge is -2.30. The number of hydrogen-bond donors (Lipinski definition) is 1. The zero-order valence-corrected chi connectivity index (χ0v) is 22.3. The number of nitrogens with zero attached hydrogens (tertiary/aromatic N) is 4. The Morgan fingerprint density at radius 2 is 1.91 bits per heavy atom. The van der Waals surface area contributed by atoms with E-state index in [1.165, 1.54) is 10.7 Å². The number of carbonyl (C=O) groups excluding carboxylic acids is 1. The smallest absolute Gasteiger partial charge is 0.341 e. The number of pyridine rings is 1. The van der Waals surface area contributed by atoms with Gasteiger partial charge in [-0.1, -0.05) is 0 Å². The van der Waals surface area contributed by atoms with Gasteiger partial charge < -0.3 is 9.64 Å². The number of esters is 1. The van der Waals surface area contributed by atoms with Crippen LogP contribution in [0.25, 0.3) is 10.9 Å². The van der Waals surface area contributed by atoms with Crippen LogP contribution >= 0.6 is 30.9 Å². The topological polar surface area (TPSA) is 141 Å². The van der Waals surface area contributed by atoms with Crippen molar-refractivity contribution in [2.75, 3.05) is 45.6 Å². The number of rotatable bonds is 14. The number of nitro groups is 1. The van der Waals surface area contributed by atoms with Crippen LogP contribution in [0.1, 0.15) is 30.6 Å². The molecule has 1 aromatic carbocycles. The van der Waals surface area contributed by atoms with Crippen LogP contribution in [0.3, 0.4) is 0 Å². The average molecular weight is 550 g/mol. The van der Waals surface area contributed by atoms with Gasteiger partial charge in [0.25, 0.3) is 5.69 Å². The van der Waals surface area contributed by atoms with Crippen molar-refractivity contribution in [2.24, 2.45) is 5.50 Å². The molecule has 0 radical (unpaired) electrons. The predicted octanol–water partition coefficient (Wildman–Crippen LogP) is 4.06. The van der Waals surface area contributed by atoms with Crippen LogP contribution < -0.4 is 5.50 Å². The van der Waals surface area contributed by atoms with Gasteiger partial charge in [0.05, 0.1) is 23.5 Å². The van der Waals surface area contributed by atoms with Crippen molar-refractivity contribution in [2.45, 2.75) is 26.0 Å². The van der Waals surface area contributed by atoms with Crippen LogP contribution in [0.4, 0.5) is 5.69 Å². The van der Waals surface area contributed by atoms with Crippen molar-refractivity contribution >= 4 is 53.4 Å². The largest absolute Gasteiger partial charge is 0.466 e. The number of ether oxygens (including phenoxy) is 1. The minimum absolute atomic E-state index is 0.135. The lowest BCUT2D eigenvalue weighted by Crippen LogP contribution is -2.30. The van der Waals surface area contributed by atoms with Gasteiger partial charge in [-0.25, -0.2) is 15.2 Å². The van der Waals surface area contributed by atoms with Gasteiger partial charge in [0.2, 0.25) is 0 Å². The fourth-order valence-electron chi connectivity index (χ4n) is 3.54. The number of alkyl halides is 2. The molecule has 0 spiro atoms. The van der Waals surface area contributed by atoms with Gasteiger partial charge >= 0.3 is 13.6 Å². The molecule has 2 atom stereocenters. The molecule has 1 heterocycles. The second kappa shape index (κ2) is 13.5. The minimum atomic E-state index is -3.97. The fraction of sp³-hybridized carbons (Fsp3) is 0.524. The molecule has 14 heteroatoms. The summed E-state index contributed by atoms with van der Waals surface area (Å²) in [5.74, 6) is -0.320. The Balaban J connectivity index is 2.67. The van der Waals surface area contributed by atoms with E-state index in [4.69, 9.17) is 38.0 Å². The van der Waals surface area contributed by atoms with Gasteiger partial charge in [-0.05, 0) is 38.7 Å². The first-order valence-corrected chi connectivity index (χ1v) is 13.6. The second-order valence-electron chi connectivity index (χ2n) is 7.94. The summed E-state index contributed by atoms with van der Waals surface area (Å²) in [4.78, 5) is 29.4. The Morgan fingerprint density at radius 3 is 2.46 bits per heavy atom. The molecule has 0 fully saturated rings. The number of aromatic nitrogens is 1. The lowest BCUT2D eigenvalue weighted by molar-refractivity contribution is -0.385. The maximum atomic E-state index is 13.5. The number of hydrogen-bond acceptors (Lipinski definition) is 8. The summed E-state index contributed by atoms with van der Waals surface area (Å²) >= 11 is 11.7. The highest BCUT2D eigenvalue weighted by Gasteiger charge is 2.33. The molecule has 0 aliphatic rings. The van der Waals surface area contributed by atoms with E-state index in [0.29, 0.717) is 23.0 Å². The fourth-order valence-corrected chi connectivity index (χ4v) is 5.63. The van der Waals surface area contributed by atoms with Crippen molar-refractivity contribution in [3.8, 4) is 0 Å².